The van der Waals surface area contributed by atoms with Crippen molar-refractivity contribution in [2.45, 2.75) is 0 Å². The molecule has 0 bridgehead atoms. The van der Waals surface area contributed by atoms with Crippen molar-refractivity contribution in [3.05, 3.63) is 59.7 Å². The lowest BCUT2D eigenvalue weighted by Gasteiger charge is -2.28. The number of carbonyl (C=O) groups is 1. The average molecular weight is 364 g/mol. The lowest BCUT2D eigenvalue weighted by molar-refractivity contribution is -0.123. The van der Waals surface area contributed by atoms with Gasteiger partial charge >= 0.3 is 0 Å². The zero-order valence-electron chi connectivity index (χ0n) is 14.8. The monoisotopic (exact) mass is 364 g/mol. The molecule has 2 aromatic rings. The summed E-state index contributed by atoms with van der Waals surface area (Å²) in [6.45, 7) is 3.05. The standard InChI is InChI=1S/C20H20N4O3/c21-13-17-3-1-2-4-19(17)27-15-20(25)23-22-14-16-5-7-18(8-6-16)24-9-11-26-12-10-24/h1-8,14H,9-12,15H2,(H,23,25)/b22-14-. The first-order valence-corrected chi connectivity index (χ1v) is 8.63. The second-order valence-electron chi connectivity index (χ2n) is 5.88. The first-order chi connectivity index (χ1) is 13.3. The summed E-state index contributed by atoms with van der Waals surface area (Å²) in [5.74, 6) is -0.0261. The number of hydrazone groups is 1. The molecule has 3 rings (SSSR count). The summed E-state index contributed by atoms with van der Waals surface area (Å²) < 4.78 is 10.7. The van der Waals surface area contributed by atoms with Gasteiger partial charge in [0, 0.05) is 18.8 Å². The number of hydrogen-bond acceptors (Lipinski definition) is 6. The Bertz CT molecular complexity index is 837. The van der Waals surface area contributed by atoms with Gasteiger partial charge in [0.15, 0.2) is 6.61 Å². The van der Waals surface area contributed by atoms with E-state index in [1.165, 1.54) is 0 Å². The summed E-state index contributed by atoms with van der Waals surface area (Å²) >= 11 is 0. The van der Waals surface area contributed by atoms with Crippen molar-refractivity contribution < 1.29 is 14.3 Å². The Balaban J connectivity index is 1.47. The van der Waals surface area contributed by atoms with E-state index >= 15 is 0 Å². The smallest absolute Gasteiger partial charge is 0.277 e. The van der Waals surface area contributed by atoms with Crippen molar-refractivity contribution >= 4 is 17.8 Å². The number of benzene rings is 2. The van der Waals surface area contributed by atoms with Gasteiger partial charge in [-0.3, -0.25) is 4.79 Å². The highest BCUT2D eigenvalue weighted by Crippen LogP contribution is 2.17. The van der Waals surface area contributed by atoms with E-state index in [4.69, 9.17) is 14.7 Å². The predicted octanol–water partition coefficient (Wildman–Crippen LogP) is 1.92. The van der Waals surface area contributed by atoms with E-state index in [0.29, 0.717) is 11.3 Å². The Morgan fingerprint density at radius 2 is 1.96 bits per heavy atom. The molecule has 1 saturated heterocycles. The summed E-state index contributed by atoms with van der Waals surface area (Å²) in [5.41, 5.74) is 4.82. The summed E-state index contributed by atoms with van der Waals surface area (Å²) in [4.78, 5) is 14.1. The summed E-state index contributed by atoms with van der Waals surface area (Å²) in [6, 6.07) is 16.7. The predicted molar refractivity (Wildman–Crippen MR) is 102 cm³/mol. The number of rotatable bonds is 6. The Labute approximate surface area is 157 Å². The fourth-order valence-electron chi connectivity index (χ4n) is 2.63. The average Bonchev–Trinajstić information content (AvgIpc) is 2.73. The molecule has 0 radical (unpaired) electrons. The van der Waals surface area contributed by atoms with Crippen molar-refractivity contribution in [2.24, 2.45) is 5.10 Å². The minimum atomic E-state index is -0.399. The van der Waals surface area contributed by atoms with Gasteiger partial charge in [-0.1, -0.05) is 24.3 Å². The first-order valence-electron chi connectivity index (χ1n) is 8.63. The molecule has 27 heavy (non-hydrogen) atoms. The van der Waals surface area contributed by atoms with Crippen LogP contribution in [0.1, 0.15) is 11.1 Å². The molecular weight excluding hydrogens is 344 g/mol. The third-order valence-corrected chi connectivity index (χ3v) is 4.04. The lowest BCUT2D eigenvalue weighted by atomic mass is 10.2. The molecule has 1 amide bonds. The molecule has 0 saturated carbocycles. The highest BCUT2D eigenvalue weighted by atomic mass is 16.5. The quantitative estimate of drug-likeness (QED) is 0.625. The molecule has 138 valence electrons. The summed E-state index contributed by atoms with van der Waals surface area (Å²) in [5, 5.41) is 12.9. The van der Waals surface area contributed by atoms with Crippen molar-refractivity contribution in [1.82, 2.24) is 5.43 Å². The van der Waals surface area contributed by atoms with Gasteiger partial charge in [0.2, 0.25) is 0 Å². The second kappa shape index (κ2) is 9.36. The van der Waals surface area contributed by atoms with E-state index in [1.54, 1.807) is 30.5 Å². The molecule has 0 unspecified atom stereocenters. The first kappa shape index (κ1) is 18.4. The molecule has 1 N–H and O–H groups in total. The van der Waals surface area contributed by atoms with Gasteiger partial charge in [0.1, 0.15) is 11.8 Å². The number of ether oxygens (including phenoxy) is 2. The van der Waals surface area contributed by atoms with E-state index < -0.39 is 5.91 Å². The van der Waals surface area contributed by atoms with Crippen LogP contribution >= 0.6 is 0 Å². The van der Waals surface area contributed by atoms with Gasteiger partial charge in [0.05, 0.1) is 25.0 Å². The molecular formula is C20H20N4O3. The van der Waals surface area contributed by atoms with E-state index in [-0.39, 0.29) is 6.61 Å². The van der Waals surface area contributed by atoms with Gasteiger partial charge in [-0.2, -0.15) is 10.4 Å². The zero-order chi connectivity index (χ0) is 18.9. The van der Waals surface area contributed by atoms with Gasteiger partial charge in [0.25, 0.3) is 5.91 Å². The number of hydrogen-bond donors (Lipinski definition) is 1. The topological polar surface area (TPSA) is 86.9 Å². The van der Waals surface area contributed by atoms with Crippen LogP contribution in [-0.4, -0.2) is 45.0 Å². The fraction of sp³-hybridized carbons (Fsp3) is 0.250. The van der Waals surface area contributed by atoms with Gasteiger partial charge < -0.3 is 14.4 Å². The van der Waals surface area contributed by atoms with Crippen molar-refractivity contribution in [3.63, 3.8) is 0 Å². The minimum Gasteiger partial charge on any atom is -0.482 e. The number of nitrogens with one attached hydrogen (secondary N) is 1. The van der Waals surface area contributed by atoms with Crippen LogP contribution < -0.4 is 15.1 Å². The molecule has 0 aliphatic carbocycles. The number of nitriles is 1. The fourth-order valence-corrected chi connectivity index (χ4v) is 2.63. The SMILES string of the molecule is N#Cc1ccccc1OCC(=O)N/N=C\c1ccc(N2CCOCC2)cc1. The van der Waals surface area contributed by atoms with Crippen molar-refractivity contribution in [1.29, 1.82) is 5.26 Å². The minimum absolute atomic E-state index is 0.216. The van der Waals surface area contributed by atoms with Crippen molar-refractivity contribution in [3.8, 4) is 11.8 Å². The van der Waals surface area contributed by atoms with E-state index in [1.807, 2.05) is 30.3 Å². The number of morpholine rings is 1. The molecule has 1 fully saturated rings. The third kappa shape index (κ3) is 5.30. The summed E-state index contributed by atoms with van der Waals surface area (Å²) in [7, 11) is 0. The Morgan fingerprint density at radius 1 is 1.22 bits per heavy atom. The van der Waals surface area contributed by atoms with Gasteiger partial charge in [-0.15, -0.1) is 0 Å². The maximum absolute atomic E-state index is 11.8. The van der Waals surface area contributed by atoms with Crippen LogP contribution in [0.3, 0.4) is 0 Å². The molecule has 0 spiro atoms. The number of nitrogens with zero attached hydrogens (tertiary/aromatic N) is 3. The number of amides is 1. The third-order valence-electron chi connectivity index (χ3n) is 4.04. The van der Waals surface area contributed by atoms with Crippen LogP contribution in [0.4, 0.5) is 5.69 Å². The lowest BCUT2D eigenvalue weighted by Crippen LogP contribution is -2.36. The van der Waals surface area contributed by atoms with Crippen LogP contribution in [0, 0.1) is 11.3 Å². The Kier molecular flexibility index (Phi) is 6.39. The van der Waals surface area contributed by atoms with Crippen LogP contribution in [0.2, 0.25) is 0 Å². The molecule has 7 nitrogen and oxygen atoms in total. The molecule has 1 aliphatic rings. The molecule has 7 heteroatoms. The van der Waals surface area contributed by atoms with Crippen molar-refractivity contribution in [2.75, 3.05) is 37.8 Å². The summed E-state index contributed by atoms with van der Waals surface area (Å²) in [6.07, 6.45) is 1.57. The van der Waals surface area contributed by atoms with Crippen LogP contribution in [0.25, 0.3) is 0 Å². The highest BCUT2D eigenvalue weighted by molar-refractivity contribution is 5.83. The van der Waals surface area contributed by atoms with Crippen LogP contribution in [0.15, 0.2) is 53.6 Å². The maximum atomic E-state index is 11.8. The Hall–Kier alpha value is -3.37. The Morgan fingerprint density at radius 3 is 2.70 bits per heavy atom. The number of para-hydroxylation sites is 1. The molecule has 1 aliphatic heterocycles. The largest absolute Gasteiger partial charge is 0.482 e. The molecule has 1 heterocycles. The molecule has 2 aromatic carbocycles. The molecule has 0 atom stereocenters. The van der Waals surface area contributed by atoms with E-state index in [2.05, 4.69) is 15.4 Å². The van der Waals surface area contributed by atoms with Crippen LogP contribution in [-0.2, 0) is 9.53 Å². The zero-order valence-corrected chi connectivity index (χ0v) is 14.8. The van der Waals surface area contributed by atoms with Crippen LogP contribution in [0.5, 0.6) is 5.75 Å². The van der Waals surface area contributed by atoms with E-state index in [9.17, 15) is 4.79 Å². The second-order valence-corrected chi connectivity index (χ2v) is 5.88. The van der Waals surface area contributed by atoms with E-state index in [0.717, 1.165) is 37.6 Å². The highest BCUT2D eigenvalue weighted by Gasteiger charge is 2.10. The van der Waals surface area contributed by atoms with Gasteiger partial charge in [-0.25, -0.2) is 5.43 Å². The normalized spacial score (nSPS) is 14.0. The number of carbonyl (C=O) groups excluding carboxylic acids is 1. The molecule has 0 aromatic heterocycles. The number of anilines is 1. The van der Waals surface area contributed by atoms with Gasteiger partial charge in [-0.05, 0) is 29.8 Å². The maximum Gasteiger partial charge on any atom is 0.277 e.